The van der Waals surface area contributed by atoms with Crippen LogP contribution < -0.4 is 20.1 Å². The first-order chi connectivity index (χ1) is 14.3. The topological polar surface area (TPSA) is 76.7 Å². The number of halogens is 2. The number of hydrogen-bond donors (Lipinski definition) is 2. The van der Waals surface area contributed by atoms with Gasteiger partial charge in [0.25, 0.3) is 11.8 Å². The Morgan fingerprint density at radius 3 is 2.80 bits per heavy atom. The molecule has 1 saturated heterocycles. The van der Waals surface area contributed by atoms with Crippen LogP contribution in [0.25, 0.3) is 6.08 Å². The second-order valence-electron chi connectivity index (χ2n) is 6.18. The summed E-state index contributed by atoms with van der Waals surface area (Å²) < 4.78 is 12.1. The van der Waals surface area contributed by atoms with Gasteiger partial charge in [0.05, 0.1) is 16.5 Å². The number of hydrogen-bond acceptors (Lipinski definition) is 6. The van der Waals surface area contributed by atoms with Gasteiger partial charge < -0.3 is 20.1 Å². The van der Waals surface area contributed by atoms with Crippen molar-refractivity contribution in [2.45, 2.75) is 6.92 Å². The highest BCUT2D eigenvalue weighted by Gasteiger charge is 2.22. The van der Waals surface area contributed by atoms with E-state index in [-0.39, 0.29) is 18.4 Å². The van der Waals surface area contributed by atoms with Crippen molar-refractivity contribution in [3.63, 3.8) is 0 Å². The van der Waals surface area contributed by atoms with Crippen LogP contribution in [0.3, 0.4) is 0 Å². The summed E-state index contributed by atoms with van der Waals surface area (Å²) in [5.74, 6) is 0.201. The first-order valence-electron chi connectivity index (χ1n) is 8.58. The van der Waals surface area contributed by atoms with Gasteiger partial charge in [-0.2, -0.15) is 0 Å². The molecule has 0 radical (unpaired) electrons. The second-order valence-corrected chi connectivity index (χ2v) is 9.19. The molecule has 0 bridgehead atoms. The number of methoxy groups -OCH3 is 1. The van der Waals surface area contributed by atoms with Gasteiger partial charge in [-0.25, -0.2) is 0 Å². The van der Waals surface area contributed by atoms with Crippen LogP contribution >= 0.6 is 51.5 Å². The van der Waals surface area contributed by atoms with E-state index in [1.165, 1.54) is 18.9 Å². The number of thioether (sulfide) groups is 1. The van der Waals surface area contributed by atoms with Crippen molar-refractivity contribution in [2.75, 3.05) is 19.0 Å². The van der Waals surface area contributed by atoms with Crippen molar-refractivity contribution < 1.29 is 19.1 Å². The van der Waals surface area contributed by atoms with E-state index in [1.54, 1.807) is 30.3 Å². The fourth-order valence-electron chi connectivity index (χ4n) is 2.59. The van der Waals surface area contributed by atoms with Gasteiger partial charge in [-0.15, -0.1) is 0 Å². The van der Waals surface area contributed by atoms with Crippen molar-refractivity contribution in [2.24, 2.45) is 0 Å². The summed E-state index contributed by atoms with van der Waals surface area (Å²) in [6.07, 6.45) is 1.70. The largest absolute Gasteiger partial charge is 0.493 e. The molecule has 2 aromatic carbocycles. The second kappa shape index (κ2) is 9.82. The maximum absolute atomic E-state index is 12.3. The Bertz CT molecular complexity index is 1080. The summed E-state index contributed by atoms with van der Waals surface area (Å²) >= 11 is 15.6. The van der Waals surface area contributed by atoms with Crippen molar-refractivity contribution >= 4 is 79.4 Å². The third-order valence-corrected chi connectivity index (χ3v) is 6.00. The van der Waals surface area contributed by atoms with Crippen LogP contribution in [0.5, 0.6) is 11.5 Å². The molecule has 2 amide bonds. The van der Waals surface area contributed by atoms with Gasteiger partial charge in [-0.3, -0.25) is 9.59 Å². The molecule has 30 heavy (non-hydrogen) atoms. The van der Waals surface area contributed by atoms with Gasteiger partial charge in [-0.05, 0) is 64.3 Å². The average Bonchev–Trinajstić information content (AvgIpc) is 3.00. The van der Waals surface area contributed by atoms with Crippen LogP contribution in [-0.4, -0.2) is 29.9 Å². The molecule has 0 atom stereocenters. The maximum atomic E-state index is 12.3. The SMILES string of the molecule is COc1cc(/C=C2\SC(=S)NC2=O)cc(Br)c1OCC(=O)Nc1cc(Cl)ccc1C. The molecular weight excluding hydrogens is 512 g/mol. The highest BCUT2D eigenvalue weighted by molar-refractivity contribution is 9.10. The molecule has 3 rings (SSSR count). The molecule has 2 N–H and O–H groups in total. The zero-order chi connectivity index (χ0) is 21.8. The molecule has 2 aromatic rings. The van der Waals surface area contributed by atoms with Crippen LogP contribution in [0.15, 0.2) is 39.7 Å². The lowest BCUT2D eigenvalue weighted by Gasteiger charge is -2.14. The number of carbonyl (C=O) groups is 2. The predicted octanol–water partition coefficient (Wildman–Crippen LogP) is 4.93. The average molecular weight is 528 g/mol. The highest BCUT2D eigenvalue weighted by Crippen LogP contribution is 2.38. The van der Waals surface area contributed by atoms with Gasteiger partial charge in [-0.1, -0.05) is 41.6 Å². The molecule has 0 aliphatic carbocycles. The third kappa shape index (κ3) is 5.54. The zero-order valence-electron chi connectivity index (χ0n) is 15.9. The minimum Gasteiger partial charge on any atom is -0.493 e. The molecule has 1 heterocycles. The summed E-state index contributed by atoms with van der Waals surface area (Å²) in [5, 5.41) is 5.87. The van der Waals surface area contributed by atoms with Crippen LogP contribution in [-0.2, 0) is 9.59 Å². The monoisotopic (exact) mass is 526 g/mol. The lowest BCUT2D eigenvalue weighted by molar-refractivity contribution is -0.118. The summed E-state index contributed by atoms with van der Waals surface area (Å²) in [5.41, 5.74) is 2.22. The number of rotatable bonds is 6. The molecule has 6 nitrogen and oxygen atoms in total. The Balaban J connectivity index is 1.74. The molecule has 0 unspecified atom stereocenters. The molecular formula is C20H16BrClN2O4S2. The minimum atomic E-state index is -0.340. The lowest BCUT2D eigenvalue weighted by atomic mass is 10.2. The molecule has 0 spiro atoms. The van der Waals surface area contributed by atoms with Gasteiger partial charge in [0, 0.05) is 10.7 Å². The zero-order valence-corrected chi connectivity index (χ0v) is 19.9. The van der Waals surface area contributed by atoms with Gasteiger partial charge in [0.2, 0.25) is 0 Å². The van der Waals surface area contributed by atoms with Crippen LogP contribution in [0.1, 0.15) is 11.1 Å². The quantitative estimate of drug-likeness (QED) is 0.410. The number of thiocarbonyl (C=S) groups is 1. The Kier molecular flexibility index (Phi) is 7.41. The van der Waals surface area contributed by atoms with Gasteiger partial charge in [0.1, 0.15) is 4.32 Å². The number of ether oxygens (including phenoxy) is 2. The summed E-state index contributed by atoms with van der Waals surface area (Å²) in [4.78, 5) is 24.7. The number of carbonyl (C=O) groups excluding carboxylic acids is 2. The van der Waals surface area contributed by atoms with E-state index in [0.29, 0.717) is 41.5 Å². The minimum absolute atomic E-state index is 0.228. The predicted molar refractivity (Wildman–Crippen MR) is 127 cm³/mol. The van der Waals surface area contributed by atoms with E-state index in [2.05, 4.69) is 26.6 Å². The highest BCUT2D eigenvalue weighted by atomic mass is 79.9. The fourth-order valence-corrected chi connectivity index (χ4v) is 4.38. The van der Waals surface area contributed by atoms with Gasteiger partial charge >= 0.3 is 0 Å². The van der Waals surface area contributed by atoms with E-state index >= 15 is 0 Å². The van der Waals surface area contributed by atoms with E-state index < -0.39 is 0 Å². The number of aryl methyl sites for hydroxylation is 1. The van der Waals surface area contributed by atoms with E-state index in [0.717, 1.165) is 5.56 Å². The summed E-state index contributed by atoms with van der Waals surface area (Å²) in [6, 6.07) is 8.72. The Hall–Kier alpha value is -2.07. The Morgan fingerprint density at radius 2 is 2.13 bits per heavy atom. The van der Waals surface area contributed by atoms with E-state index in [9.17, 15) is 9.59 Å². The van der Waals surface area contributed by atoms with Crippen molar-refractivity contribution in [3.8, 4) is 11.5 Å². The van der Waals surface area contributed by atoms with E-state index in [1.807, 2.05) is 13.0 Å². The van der Waals surface area contributed by atoms with Crippen LogP contribution in [0.2, 0.25) is 5.02 Å². The molecule has 1 aliphatic heterocycles. The molecule has 1 fully saturated rings. The smallest absolute Gasteiger partial charge is 0.263 e. The number of anilines is 1. The van der Waals surface area contributed by atoms with E-state index in [4.69, 9.17) is 33.3 Å². The number of amides is 2. The summed E-state index contributed by atoms with van der Waals surface area (Å²) in [6.45, 7) is 1.64. The maximum Gasteiger partial charge on any atom is 0.263 e. The molecule has 1 aliphatic rings. The standard InChI is InChI=1S/C20H16BrClN2O4S2/c1-10-3-4-12(22)8-14(10)23-17(25)9-28-18-13(21)5-11(6-15(18)27-2)7-16-19(26)24-20(29)30-16/h3-8H,9H2,1-2H3,(H,23,25)(H,24,26,29)/b16-7-. The normalized spacial score (nSPS) is 14.6. The lowest BCUT2D eigenvalue weighted by Crippen LogP contribution is -2.21. The van der Waals surface area contributed by atoms with Gasteiger partial charge in [0.15, 0.2) is 18.1 Å². The number of benzene rings is 2. The molecule has 0 aromatic heterocycles. The summed E-state index contributed by atoms with van der Waals surface area (Å²) in [7, 11) is 1.49. The van der Waals surface area contributed by atoms with Crippen LogP contribution in [0, 0.1) is 6.92 Å². The molecule has 0 saturated carbocycles. The Labute approximate surface area is 196 Å². The fraction of sp³-hybridized carbons (Fsp3) is 0.150. The first-order valence-corrected chi connectivity index (χ1v) is 11.0. The Morgan fingerprint density at radius 1 is 1.37 bits per heavy atom. The molecule has 156 valence electrons. The van der Waals surface area contributed by atoms with Crippen molar-refractivity contribution in [3.05, 3.63) is 55.9 Å². The van der Waals surface area contributed by atoms with Crippen molar-refractivity contribution in [1.29, 1.82) is 0 Å². The van der Waals surface area contributed by atoms with Crippen LogP contribution in [0.4, 0.5) is 5.69 Å². The third-order valence-electron chi connectivity index (χ3n) is 4.01. The first kappa shape index (κ1) is 22.6. The van der Waals surface area contributed by atoms with Crippen molar-refractivity contribution in [1.82, 2.24) is 5.32 Å². The molecule has 10 heteroatoms. The number of nitrogens with one attached hydrogen (secondary N) is 2.